The summed E-state index contributed by atoms with van der Waals surface area (Å²) in [5, 5.41) is 8.62. The van der Waals surface area contributed by atoms with E-state index in [-0.39, 0.29) is 23.3 Å². The molecule has 10 heteroatoms. The second kappa shape index (κ2) is 6.38. The van der Waals surface area contributed by atoms with Gasteiger partial charge in [0.2, 0.25) is 5.95 Å². The fraction of sp³-hybridized carbons (Fsp3) is 0.353. The molecule has 0 spiro atoms. The summed E-state index contributed by atoms with van der Waals surface area (Å²) >= 11 is 0. The number of carbonyl (C=O) groups excluding carboxylic acids is 1. The molecule has 1 aromatic heterocycles. The Morgan fingerprint density at radius 2 is 1.74 bits per heavy atom. The first-order valence-electron chi connectivity index (χ1n) is 8.34. The molecule has 2 N–H and O–H groups in total. The highest BCUT2D eigenvalue weighted by atomic mass is 19.4. The number of fused-ring (bicyclic) bond motifs is 2. The van der Waals surface area contributed by atoms with Crippen LogP contribution in [-0.2, 0) is 6.18 Å². The Kier molecular flexibility index (Phi) is 4.14. The molecule has 27 heavy (non-hydrogen) atoms. The number of anilines is 2. The quantitative estimate of drug-likeness (QED) is 0.628. The van der Waals surface area contributed by atoms with Crippen LogP contribution in [0.3, 0.4) is 0 Å². The monoisotopic (exact) mass is 379 g/mol. The third-order valence-electron chi connectivity index (χ3n) is 5.02. The van der Waals surface area contributed by atoms with Gasteiger partial charge in [0.15, 0.2) is 0 Å². The Morgan fingerprint density at radius 1 is 1.11 bits per heavy atom. The average molecular weight is 379 g/mol. The molecule has 1 amide bonds. The van der Waals surface area contributed by atoms with E-state index in [1.54, 1.807) is 11.0 Å². The summed E-state index contributed by atoms with van der Waals surface area (Å²) in [6.07, 6.45) is -1.08. The maximum absolute atomic E-state index is 13.3. The van der Waals surface area contributed by atoms with Crippen LogP contribution in [0.2, 0.25) is 0 Å². The van der Waals surface area contributed by atoms with Crippen molar-refractivity contribution in [1.82, 2.24) is 15.4 Å². The highest BCUT2D eigenvalue weighted by Gasteiger charge is 2.46. The smallest absolute Gasteiger partial charge is 0.364 e. The van der Waals surface area contributed by atoms with Crippen molar-refractivity contribution in [2.75, 3.05) is 22.9 Å². The molecule has 2 atom stereocenters. The molecular formula is C17H16F3N5O2. The predicted octanol–water partition coefficient (Wildman–Crippen LogP) is 2.08. The number of rotatable bonds is 3. The summed E-state index contributed by atoms with van der Waals surface area (Å²) in [6, 6.07) is 5.55. The molecule has 2 bridgehead atoms. The fourth-order valence-corrected chi connectivity index (χ4v) is 3.82. The van der Waals surface area contributed by atoms with E-state index < -0.39 is 17.6 Å². The van der Waals surface area contributed by atoms with E-state index in [2.05, 4.69) is 9.97 Å². The second-order valence-electron chi connectivity index (χ2n) is 6.58. The van der Waals surface area contributed by atoms with E-state index in [1.807, 2.05) is 4.90 Å². The fourth-order valence-electron chi connectivity index (χ4n) is 3.82. The van der Waals surface area contributed by atoms with Crippen molar-refractivity contribution in [3.8, 4) is 0 Å². The van der Waals surface area contributed by atoms with Crippen molar-refractivity contribution in [3.05, 3.63) is 47.8 Å². The molecule has 2 aliphatic heterocycles. The number of aromatic nitrogens is 2. The second-order valence-corrected chi connectivity index (χ2v) is 6.58. The molecule has 2 saturated heterocycles. The van der Waals surface area contributed by atoms with Gasteiger partial charge in [0.1, 0.15) is 0 Å². The van der Waals surface area contributed by atoms with Gasteiger partial charge in [0.25, 0.3) is 5.91 Å². The van der Waals surface area contributed by atoms with E-state index in [0.717, 1.165) is 6.07 Å². The zero-order valence-corrected chi connectivity index (χ0v) is 14.0. The number of hydroxylamine groups is 1. The van der Waals surface area contributed by atoms with Crippen LogP contribution in [0.15, 0.2) is 36.7 Å². The molecule has 4 rings (SSSR count). The molecule has 0 unspecified atom stereocenters. The first-order chi connectivity index (χ1) is 12.9. The highest BCUT2D eigenvalue weighted by Crippen LogP contribution is 2.42. The van der Waals surface area contributed by atoms with Gasteiger partial charge in [-0.1, -0.05) is 12.1 Å². The van der Waals surface area contributed by atoms with Crippen molar-refractivity contribution in [3.63, 3.8) is 0 Å². The Labute approximate surface area is 152 Å². The number of benzene rings is 1. The van der Waals surface area contributed by atoms with Crippen molar-refractivity contribution in [2.24, 2.45) is 0 Å². The maximum Gasteiger partial charge on any atom is 0.418 e. The van der Waals surface area contributed by atoms with Gasteiger partial charge < -0.3 is 9.80 Å². The average Bonchev–Trinajstić information content (AvgIpc) is 3.27. The summed E-state index contributed by atoms with van der Waals surface area (Å²) in [5.74, 6) is -0.292. The normalized spacial score (nSPS) is 21.6. The number of piperazine rings is 1. The Bertz CT molecular complexity index is 858. The summed E-state index contributed by atoms with van der Waals surface area (Å²) < 4.78 is 39.9. The van der Waals surface area contributed by atoms with Crippen LogP contribution in [-0.4, -0.2) is 46.3 Å². The van der Waals surface area contributed by atoms with Crippen molar-refractivity contribution in [1.29, 1.82) is 0 Å². The van der Waals surface area contributed by atoms with Crippen molar-refractivity contribution >= 4 is 17.5 Å². The number of halogens is 3. The third-order valence-corrected chi connectivity index (χ3v) is 5.02. The van der Waals surface area contributed by atoms with E-state index in [0.29, 0.717) is 25.5 Å². The summed E-state index contributed by atoms with van der Waals surface area (Å²) in [6.45, 7) is 0.947. The third kappa shape index (κ3) is 3.05. The first-order valence-corrected chi connectivity index (χ1v) is 8.34. The van der Waals surface area contributed by atoms with Crippen LogP contribution in [0.25, 0.3) is 0 Å². The lowest BCUT2D eigenvalue weighted by Gasteiger charge is -2.36. The largest absolute Gasteiger partial charge is 0.418 e. The zero-order valence-electron chi connectivity index (χ0n) is 14.0. The number of hydrogen-bond donors (Lipinski definition) is 2. The van der Waals surface area contributed by atoms with Gasteiger partial charge in [-0.15, -0.1) is 0 Å². The Hall–Kier alpha value is -2.88. The summed E-state index contributed by atoms with van der Waals surface area (Å²) in [4.78, 5) is 23.4. The zero-order chi connectivity index (χ0) is 19.2. The molecule has 0 radical (unpaired) electrons. The molecule has 142 valence electrons. The molecule has 1 aromatic carbocycles. The molecule has 0 saturated carbocycles. The van der Waals surface area contributed by atoms with E-state index in [1.165, 1.54) is 30.0 Å². The van der Waals surface area contributed by atoms with Crippen LogP contribution < -0.4 is 15.3 Å². The molecule has 7 nitrogen and oxygen atoms in total. The molecule has 0 aliphatic carbocycles. The van der Waals surface area contributed by atoms with Crippen LogP contribution in [0.5, 0.6) is 0 Å². The van der Waals surface area contributed by atoms with Gasteiger partial charge >= 0.3 is 6.18 Å². The SMILES string of the molecule is O=C(NO)c1cnc(N2C[C@@H]3C[C@H]2CN3c2ccccc2C(F)(F)F)nc1. The van der Waals surface area contributed by atoms with Gasteiger partial charge in [0, 0.05) is 37.2 Å². The van der Waals surface area contributed by atoms with Crippen molar-refractivity contribution < 1.29 is 23.2 Å². The Morgan fingerprint density at radius 3 is 2.33 bits per heavy atom. The number of amides is 1. The molecule has 2 aliphatic rings. The maximum atomic E-state index is 13.3. The number of para-hydroxylation sites is 1. The lowest BCUT2D eigenvalue weighted by molar-refractivity contribution is -0.137. The van der Waals surface area contributed by atoms with Gasteiger partial charge in [0.05, 0.1) is 17.2 Å². The molecule has 2 fully saturated rings. The topological polar surface area (TPSA) is 81.6 Å². The van der Waals surface area contributed by atoms with E-state index in [9.17, 15) is 18.0 Å². The number of alkyl halides is 3. The standard InChI is InChI=1S/C17H16F3N5O2/c18-17(19,20)13-3-1-2-4-14(13)24-8-12-5-11(24)9-25(12)16-21-6-10(7-22-16)15(26)23-27/h1-4,6-7,11-12,27H,5,8-9H2,(H,23,26)/t11-,12-/m0/s1. The van der Waals surface area contributed by atoms with Gasteiger partial charge in [-0.05, 0) is 18.6 Å². The van der Waals surface area contributed by atoms with Crippen LogP contribution in [0, 0.1) is 0 Å². The predicted molar refractivity (Wildman–Crippen MR) is 89.6 cm³/mol. The number of hydrogen-bond acceptors (Lipinski definition) is 6. The van der Waals surface area contributed by atoms with Gasteiger partial charge in [-0.2, -0.15) is 13.2 Å². The number of nitrogens with one attached hydrogen (secondary N) is 1. The molecular weight excluding hydrogens is 363 g/mol. The van der Waals surface area contributed by atoms with Crippen LogP contribution in [0.4, 0.5) is 24.8 Å². The number of nitrogens with zero attached hydrogens (tertiary/aromatic N) is 4. The van der Waals surface area contributed by atoms with Crippen LogP contribution in [0.1, 0.15) is 22.3 Å². The highest BCUT2D eigenvalue weighted by molar-refractivity contribution is 5.92. The van der Waals surface area contributed by atoms with E-state index in [4.69, 9.17) is 5.21 Å². The number of carbonyl (C=O) groups is 1. The molecule has 2 aromatic rings. The van der Waals surface area contributed by atoms with E-state index >= 15 is 0 Å². The minimum atomic E-state index is -4.40. The Balaban J connectivity index is 1.53. The summed E-state index contributed by atoms with van der Waals surface area (Å²) in [5.41, 5.74) is 1.20. The lowest BCUT2D eigenvalue weighted by Crippen LogP contribution is -2.47. The summed E-state index contributed by atoms with van der Waals surface area (Å²) in [7, 11) is 0. The molecule has 3 heterocycles. The van der Waals surface area contributed by atoms with Gasteiger partial charge in [-0.25, -0.2) is 15.4 Å². The van der Waals surface area contributed by atoms with Crippen molar-refractivity contribution in [2.45, 2.75) is 24.7 Å². The van der Waals surface area contributed by atoms with Gasteiger partial charge in [-0.3, -0.25) is 10.0 Å². The minimum Gasteiger partial charge on any atom is -0.364 e. The first kappa shape index (κ1) is 17.5. The minimum absolute atomic E-state index is 0.00573. The van der Waals surface area contributed by atoms with Crippen LogP contribution >= 0.6 is 0 Å². The lowest BCUT2D eigenvalue weighted by atomic mass is 10.1.